The number of nitrogens with zero attached hydrogens (tertiary/aromatic N) is 2. The molecule has 1 aliphatic carbocycles. The van der Waals surface area contributed by atoms with E-state index in [2.05, 4.69) is 0 Å². The molecule has 0 heterocycles. The monoisotopic (exact) mass is 313 g/mol. The quantitative estimate of drug-likeness (QED) is 0.721. The van der Waals surface area contributed by atoms with Gasteiger partial charge in [-0.05, 0) is 12.3 Å². The van der Waals surface area contributed by atoms with Crippen molar-refractivity contribution in [2.75, 3.05) is 40.9 Å². The molecule has 0 aliphatic heterocycles. The van der Waals surface area contributed by atoms with Gasteiger partial charge in [0.25, 0.3) is 0 Å². The van der Waals surface area contributed by atoms with Crippen LogP contribution in [0.25, 0.3) is 0 Å². The lowest BCUT2D eigenvalue weighted by Gasteiger charge is -2.29. The molecule has 0 aromatic carbocycles. The first-order valence-corrected chi connectivity index (χ1v) is 8.19. The largest absolute Gasteiger partial charge is 0.383 e. The number of ether oxygens (including phenoxy) is 1. The van der Waals surface area contributed by atoms with Gasteiger partial charge in [-0.2, -0.15) is 0 Å². The van der Waals surface area contributed by atoms with Crippen molar-refractivity contribution >= 4 is 11.8 Å². The molecule has 0 radical (unpaired) electrons. The van der Waals surface area contributed by atoms with Crippen molar-refractivity contribution in [2.45, 2.75) is 44.6 Å². The molecule has 22 heavy (non-hydrogen) atoms. The summed E-state index contributed by atoms with van der Waals surface area (Å²) in [5, 5.41) is 0. The van der Waals surface area contributed by atoms with Crippen LogP contribution in [-0.2, 0) is 14.3 Å². The van der Waals surface area contributed by atoms with Crippen molar-refractivity contribution in [3.05, 3.63) is 0 Å². The second-order valence-electron chi connectivity index (χ2n) is 6.39. The Morgan fingerprint density at radius 2 is 1.86 bits per heavy atom. The Bertz CT molecular complexity index is 355. The Labute approximate surface area is 134 Å². The molecule has 1 unspecified atom stereocenters. The smallest absolute Gasteiger partial charge is 0.241 e. The molecule has 2 amide bonds. The summed E-state index contributed by atoms with van der Waals surface area (Å²) in [6, 6.07) is -0.519. The lowest BCUT2D eigenvalue weighted by molar-refractivity contribution is -0.140. The average molecular weight is 313 g/mol. The molecule has 0 saturated heterocycles. The molecule has 6 nitrogen and oxygen atoms in total. The van der Waals surface area contributed by atoms with Crippen LogP contribution in [0, 0.1) is 5.92 Å². The Kier molecular flexibility index (Phi) is 8.42. The minimum Gasteiger partial charge on any atom is -0.383 e. The van der Waals surface area contributed by atoms with E-state index in [-0.39, 0.29) is 18.4 Å². The zero-order valence-corrected chi connectivity index (χ0v) is 14.2. The van der Waals surface area contributed by atoms with Crippen molar-refractivity contribution in [1.82, 2.24) is 9.80 Å². The molecule has 0 aromatic heterocycles. The molecule has 6 heteroatoms. The minimum atomic E-state index is -0.519. The molecule has 128 valence electrons. The van der Waals surface area contributed by atoms with Crippen LogP contribution < -0.4 is 5.73 Å². The second kappa shape index (κ2) is 9.79. The minimum absolute atomic E-state index is 0.0631. The summed E-state index contributed by atoms with van der Waals surface area (Å²) in [5.41, 5.74) is 6.12. The van der Waals surface area contributed by atoms with Crippen LogP contribution in [0.5, 0.6) is 0 Å². The van der Waals surface area contributed by atoms with E-state index in [0.717, 1.165) is 19.3 Å². The zero-order valence-electron chi connectivity index (χ0n) is 14.2. The average Bonchev–Trinajstić information content (AvgIpc) is 2.51. The first-order valence-electron chi connectivity index (χ1n) is 8.19. The number of rotatable bonds is 8. The maximum absolute atomic E-state index is 12.6. The van der Waals surface area contributed by atoms with Crippen molar-refractivity contribution in [2.24, 2.45) is 11.7 Å². The number of methoxy groups -OCH3 is 1. The molecular weight excluding hydrogens is 282 g/mol. The number of carbonyl (C=O) groups excluding carboxylic acids is 2. The third-order valence-corrected chi connectivity index (χ3v) is 4.33. The van der Waals surface area contributed by atoms with Gasteiger partial charge in [0.2, 0.25) is 11.8 Å². The molecule has 1 fully saturated rings. The summed E-state index contributed by atoms with van der Waals surface area (Å²) >= 11 is 0. The van der Waals surface area contributed by atoms with E-state index in [0.29, 0.717) is 19.1 Å². The number of hydrogen-bond donors (Lipinski definition) is 1. The summed E-state index contributed by atoms with van der Waals surface area (Å²) in [6.45, 7) is 0.865. The van der Waals surface area contributed by atoms with E-state index in [1.54, 1.807) is 21.2 Å². The number of nitrogens with two attached hydrogens (primary N) is 1. The van der Waals surface area contributed by atoms with Crippen molar-refractivity contribution in [1.29, 1.82) is 0 Å². The van der Waals surface area contributed by atoms with E-state index in [1.807, 2.05) is 0 Å². The number of hydrogen-bond acceptors (Lipinski definition) is 4. The highest BCUT2D eigenvalue weighted by molar-refractivity contribution is 5.87. The number of carbonyl (C=O) groups is 2. The lowest BCUT2D eigenvalue weighted by Crippen LogP contribution is -2.49. The van der Waals surface area contributed by atoms with Gasteiger partial charge in [-0.25, -0.2) is 0 Å². The maximum Gasteiger partial charge on any atom is 0.241 e. The Morgan fingerprint density at radius 3 is 2.41 bits per heavy atom. The Hall–Kier alpha value is -1.14. The molecule has 2 N–H and O–H groups in total. The van der Waals surface area contributed by atoms with Crippen LogP contribution in [0.4, 0.5) is 0 Å². The zero-order chi connectivity index (χ0) is 16.5. The van der Waals surface area contributed by atoms with Crippen molar-refractivity contribution < 1.29 is 14.3 Å². The fourth-order valence-corrected chi connectivity index (χ4v) is 2.89. The topological polar surface area (TPSA) is 75.9 Å². The molecule has 1 rings (SSSR count). The number of likely N-dealkylation sites (N-methyl/N-ethyl adjacent to an activating group) is 1. The van der Waals surface area contributed by atoms with Gasteiger partial charge in [-0.1, -0.05) is 32.1 Å². The van der Waals surface area contributed by atoms with Gasteiger partial charge in [0.15, 0.2) is 0 Å². The van der Waals surface area contributed by atoms with Crippen molar-refractivity contribution in [3.63, 3.8) is 0 Å². The fourth-order valence-electron chi connectivity index (χ4n) is 2.89. The van der Waals surface area contributed by atoms with Crippen molar-refractivity contribution in [3.8, 4) is 0 Å². The standard InChI is InChI=1S/C16H31N3O3/c1-18(2)15(20)12-19(9-10-22-3)16(21)14(17)11-13-7-5-4-6-8-13/h13-14H,4-12,17H2,1-3H3. The third-order valence-electron chi connectivity index (χ3n) is 4.33. The highest BCUT2D eigenvalue weighted by Gasteiger charge is 2.26. The molecule has 1 aliphatic rings. The van der Waals surface area contributed by atoms with Crippen LogP contribution in [-0.4, -0.2) is 68.6 Å². The third kappa shape index (κ3) is 6.32. The molecule has 0 spiro atoms. The van der Waals surface area contributed by atoms with Crippen LogP contribution in [0.15, 0.2) is 0 Å². The van der Waals surface area contributed by atoms with Crippen LogP contribution in [0.3, 0.4) is 0 Å². The second-order valence-corrected chi connectivity index (χ2v) is 6.39. The summed E-state index contributed by atoms with van der Waals surface area (Å²) in [5.74, 6) is 0.300. The molecule has 1 saturated carbocycles. The number of amides is 2. The summed E-state index contributed by atoms with van der Waals surface area (Å²) in [4.78, 5) is 27.5. The Balaban J connectivity index is 2.57. The fraction of sp³-hybridized carbons (Fsp3) is 0.875. The SMILES string of the molecule is COCCN(CC(=O)N(C)C)C(=O)C(N)CC1CCCCC1. The predicted molar refractivity (Wildman–Crippen MR) is 86.3 cm³/mol. The summed E-state index contributed by atoms with van der Waals surface area (Å²) in [7, 11) is 4.95. The van der Waals surface area contributed by atoms with E-state index >= 15 is 0 Å². The molecule has 0 aromatic rings. The highest BCUT2D eigenvalue weighted by Crippen LogP contribution is 2.27. The van der Waals surface area contributed by atoms with E-state index in [9.17, 15) is 9.59 Å². The molecular formula is C16H31N3O3. The Morgan fingerprint density at radius 1 is 1.23 bits per heavy atom. The van der Waals surface area contributed by atoms with E-state index in [4.69, 9.17) is 10.5 Å². The molecule has 0 bridgehead atoms. The highest BCUT2D eigenvalue weighted by atomic mass is 16.5. The van der Waals surface area contributed by atoms with Crippen LogP contribution in [0.2, 0.25) is 0 Å². The van der Waals surface area contributed by atoms with Gasteiger partial charge >= 0.3 is 0 Å². The first kappa shape index (κ1) is 18.9. The summed E-state index contributed by atoms with van der Waals surface area (Å²) < 4.78 is 5.03. The van der Waals surface area contributed by atoms with E-state index < -0.39 is 6.04 Å². The van der Waals surface area contributed by atoms with E-state index in [1.165, 1.54) is 29.1 Å². The maximum atomic E-state index is 12.6. The van der Waals surface area contributed by atoms with Gasteiger partial charge in [0.1, 0.15) is 0 Å². The lowest BCUT2D eigenvalue weighted by atomic mass is 9.85. The first-order chi connectivity index (χ1) is 10.5. The van der Waals surface area contributed by atoms with Gasteiger partial charge in [-0.15, -0.1) is 0 Å². The van der Waals surface area contributed by atoms with Crippen LogP contribution >= 0.6 is 0 Å². The van der Waals surface area contributed by atoms with Gasteiger partial charge in [-0.3, -0.25) is 9.59 Å². The normalized spacial score (nSPS) is 17.1. The van der Waals surface area contributed by atoms with Crippen LogP contribution in [0.1, 0.15) is 38.5 Å². The predicted octanol–water partition coefficient (Wildman–Crippen LogP) is 0.847. The van der Waals surface area contributed by atoms with Gasteiger partial charge in [0, 0.05) is 27.7 Å². The van der Waals surface area contributed by atoms with Gasteiger partial charge in [0.05, 0.1) is 19.2 Å². The summed E-state index contributed by atoms with van der Waals surface area (Å²) in [6.07, 6.45) is 6.80. The molecule has 1 atom stereocenters. The van der Waals surface area contributed by atoms with Gasteiger partial charge < -0.3 is 20.3 Å².